The van der Waals surface area contributed by atoms with Crippen molar-refractivity contribution in [1.29, 1.82) is 0 Å². The van der Waals surface area contributed by atoms with E-state index < -0.39 is 21.8 Å². The lowest BCUT2D eigenvalue weighted by Crippen LogP contribution is -2.33. The number of methoxy groups -OCH3 is 1. The lowest BCUT2D eigenvalue weighted by Gasteiger charge is -2.21. The van der Waals surface area contributed by atoms with Crippen molar-refractivity contribution < 1.29 is 30.7 Å². The van der Waals surface area contributed by atoms with Gasteiger partial charge < -0.3 is 9.15 Å². The topological polar surface area (TPSA) is 59.8 Å². The van der Waals surface area contributed by atoms with Crippen LogP contribution in [-0.4, -0.2) is 33.0 Å². The maximum absolute atomic E-state index is 12.7. The molecule has 2 rings (SSSR count). The summed E-state index contributed by atoms with van der Waals surface area (Å²) >= 11 is 0. The number of nitrogens with zero attached hydrogens (tertiary/aromatic N) is 1. The standard InChI is InChI=1S/C15H16F3NO4S/c1-22-9-7-19(10-12-6-8-23-11-12)24(20,21)14-4-2-13(3-5-14)15(16,17)18/h2-6,8,11H,7,9-10H2,1H3. The number of alkyl halides is 3. The Bertz CT molecular complexity index is 740. The molecule has 24 heavy (non-hydrogen) atoms. The molecule has 0 unspecified atom stereocenters. The van der Waals surface area contributed by atoms with Gasteiger partial charge in [0.25, 0.3) is 0 Å². The van der Waals surface area contributed by atoms with Gasteiger partial charge >= 0.3 is 6.18 Å². The number of halogens is 3. The van der Waals surface area contributed by atoms with Gasteiger partial charge in [0, 0.05) is 25.8 Å². The minimum Gasteiger partial charge on any atom is -0.472 e. The normalized spacial score (nSPS) is 12.7. The van der Waals surface area contributed by atoms with Crippen molar-refractivity contribution in [2.75, 3.05) is 20.3 Å². The highest BCUT2D eigenvalue weighted by molar-refractivity contribution is 7.89. The maximum atomic E-state index is 12.7. The second-order valence-corrected chi connectivity index (χ2v) is 6.92. The number of benzene rings is 1. The molecular weight excluding hydrogens is 347 g/mol. The zero-order valence-corrected chi connectivity index (χ0v) is 13.6. The summed E-state index contributed by atoms with van der Waals surface area (Å²) in [5.74, 6) is 0. The number of ether oxygens (including phenoxy) is 1. The van der Waals surface area contributed by atoms with Crippen LogP contribution in [0.2, 0.25) is 0 Å². The average Bonchev–Trinajstić information content (AvgIpc) is 3.03. The smallest absolute Gasteiger partial charge is 0.416 e. The van der Waals surface area contributed by atoms with E-state index in [2.05, 4.69) is 0 Å². The molecule has 132 valence electrons. The molecule has 1 aromatic carbocycles. The summed E-state index contributed by atoms with van der Waals surface area (Å²) in [5, 5.41) is 0. The molecule has 0 fully saturated rings. The molecule has 0 saturated carbocycles. The molecule has 1 aromatic heterocycles. The van der Waals surface area contributed by atoms with Crippen LogP contribution in [0.25, 0.3) is 0 Å². The van der Waals surface area contributed by atoms with E-state index in [0.717, 1.165) is 28.6 Å². The van der Waals surface area contributed by atoms with Gasteiger partial charge in [0.1, 0.15) is 0 Å². The van der Waals surface area contributed by atoms with Gasteiger partial charge in [0.15, 0.2) is 0 Å². The first-order chi connectivity index (χ1) is 11.2. The molecule has 0 aliphatic carbocycles. The highest BCUT2D eigenvalue weighted by Crippen LogP contribution is 2.30. The highest BCUT2D eigenvalue weighted by Gasteiger charge is 2.31. The predicted molar refractivity (Wildman–Crippen MR) is 79.6 cm³/mol. The molecule has 5 nitrogen and oxygen atoms in total. The van der Waals surface area contributed by atoms with Crippen LogP contribution in [0.1, 0.15) is 11.1 Å². The SMILES string of the molecule is COCCN(Cc1ccoc1)S(=O)(=O)c1ccc(C(F)(F)F)cc1. The molecule has 0 N–H and O–H groups in total. The third-order valence-corrected chi connectivity index (χ3v) is 5.16. The number of sulfonamides is 1. The van der Waals surface area contributed by atoms with Crippen molar-refractivity contribution in [2.24, 2.45) is 0 Å². The number of hydrogen-bond acceptors (Lipinski definition) is 4. The second-order valence-electron chi connectivity index (χ2n) is 4.99. The van der Waals surface area contributed by atoms with E-state index in [-0.39, 0.29) is 24.6 Å². The van der Waals surface area contributed by atoms with Gasteiger partial charge in [-0.1, -0.05) is 0 Å². The summed E-state index contributed by atoms with van der Waals surface area (Å²) in [5.41, 5.74) is -0.277. The summed E-state index contributed by atoms with van der Waals surface area (Å²) in [4.78, 5) is -0.213. The highest BCUT2D eigenvalue weighted by atomic mass is 32.2. The Morgan fingerprint density at radius 2 is 1.83 bits per heavy atom. The van der Waals surface area contributed by atoms with Gasteiger partial charge in [-0.15, -0.1) is 0 Å². The van der Waals surface area contributed by atoms with Crippen molar-refractivity contribution in [1.82, 2.24) is 4.31 Å². The minimum atomic E-state index is -4.52. The lowest BCUT2D eigenvalue weighted by molar-refractivity contribution is -0.137. The average molecular weight is 363 g/mol. The molecule has 0 spiro atoms. The first-order valence-electron chi connectivity index (χ1n) is 6.92. The Kier molecular flexibility index (Phi) is 5.68. The quantitative estimate of drug-likeness (QED) is 0.758. The molecule has 0 amide bonds. The van der Waals surface area contributed by atoms with E-state index in [1.54, 1.807) is 6.07 Å². The third kappa shape index (κ3) is 4.37. The molecule has 0 bridgehead atoms. The van der Waals surface area contributed by atoms with E-state index >= 15 is 0 Å². The van der Waals surface area contributed by atoms with Gasteiger partial charge in [0.2, 0.25) is 10.0 Å². The van der Waals surface area contributed by atoms with Gasteiger partial charge in [-0.3, -0.25) is 0 Å². The molecule has 0 atom stereocenters. The Labute approximate surface area is 137 Å². The monoisotopic (exact) mass is 363 g/mol. The zero-order chi connectivity index (χ0) is 17.8. The fourth-order valence-electron chi connectivity index (χ4n) is 2.03. The molecule has 2 aromatic rings. The van der Waals surface area contributed by atoms with Crippen LogP contribution >= 0.6 is 0 Å². The lowest BCUT2D eigenvalue weighted by atomic mass is 10.2. The predicted octanol–water partition coefficient (Wildman–Crippen LogP) is 3.14. The van der Waals surface area contributed by atoms with Gasteiger partial charge in [-0.05, 0) is 30.3 Å². The van der Waals surface area contributed by atoms with Crippen LogP contribution < -0.4 is 0 Å². The van der Waals surface area contributed by atoms with E-state index in [0.29, 0.717) is 5.56 Å². The third-order valence-electron chi connectivity index (χ3n) is 3.30. The second kappa shape index (κ2) is 7.37. The van der Waals surface area contributed by atoms with Crippen molar-refractivity contribution in [3.05, 3.63) is 54.0 Å². The van der Waals surface area contributed by atoms with E-state index in [1.165, 1.54) is 19.6 Å². The Morgan fingerprint density at radius 3 is 2.33 bits per heavy atom. The van der Waals surface area contributed by atoms with Crippen molar-refractivity contribution in [3.63, 3.8) is 0 Å². The van der Waals surface area contributed by atoms with Crippen LogP contribution in [0.3, 0.4) is 0 Å². The Balaban J connectivity index is 2.29. The van der Waals surface area contributed by atoms with Crippen molar-refractivity contribution in [3.8, 4) is 0 Å². The summed E-state index contributed by atoms with van der Waals surface area (Å²) in [6.07, 6.45) is -1.70. The van der Waals surface area contributed by atoms with Crippen LogP contribution in [0.5, 0.6) is 0 Å². The van der Waals surface area contributed by atoms with E-state index in [4.69, 9.17) is 9.15 Å². The largest absolute Gasteiger partial charge is 0.472 e. The molecule has 9 heteroatoms. The zero-order valence-electron chi connectivity index (χ0n) is 12.8. The summed E-state index contributed by atoms with van der Waals surface area (Å²) in [6, 6.07) is 5.02. The fraction of sp³-hybridized carbons (Fsp3) is 0.333. The van der Waals surface area contributed by atoms with Crippen LogP contribution in [-0.2, 0) is 27.5 Å². The van der Waals surface area contributed by atoms with Crippen molar-refractivity contribution >= 4 is 10.0 Å². The molecule has 0 aliphatic rings. The first kappa shape index (κ1) is 18.5. The van der Waals surface area contributed by atoms with Crippen LogP contribution in [0.4, 0.5) is 13.2 Å². The first-order valence-corrected chi connectivity index (χ1v) is 8.36. The Morgan fingerprint density at radius 1 is 1.17 bits per heavy atom. The Hall–Kier alpha value is -1.84. The van der Waals surface area contributed by atoms with Gasteiger partial charge in [0.05, 0.1) is 29.6 Å². The summed E-state index contributed by atoms with van der Waals surface area (Å²) in [7, 11) is -2.54. The van der Waals surface area contributed by atoms with E-state index in [1.807, 2.05) is 0 Å². The van der Waals surface area contributed by atoms with Gasteiger partial charge in [-0.25, -0.2) is 8.42 Å². The fourth-order valence-corrected chi connectivity index (χ4v) is 3.44. The van der Waals surface area contributed by atoms with Crippen molar-refractivity contribution in [2.45, 2.75) is 17.6 Å². The minimum absolute atomic E-state index is 0.0310. The molecule has 0 radical (unpaired) electrons. The molecular formula is C15H16F3NO4S. The molecule has 1 heterocycles. The molecule has 0 aliphatic heterocycles. The summed E-state index contributed by atoms with van der Waals surface area (Å²) in [6.45, 7) is 0.242. The number of furan rings is 1. The van der Waals surface area contributed by atoms with E-state index in [9.17, 15) is 21.6 Å². The van der Waals surface area contributed by atoms with Crippen LogP contribution in [0, 0.1) is 0 Å². The molecule has 0 saturated heterocycles. The maximum Gasteiger partial charge on any atom is 0.416 e. The van der Waals surface area contributed by atoms with Crippen LogP contribution in [0.15, 0.2) is 52.2 Å². The number of hydrogen-bond donors (Lipinski definition) is 0. The summed E-state index contributed by atoms with van der Waals surface area (Å²) < 4.78 is 74.1. The number of rotatable bonds is 7. The van der Waals surface area contributed by atoms with Gasteiger partial charge in [-0.2, -0.15) is 17.5 Å².